The predicted molar refractivity (Wildman–Crippen MR) is 94.5 cm³/mol. The number of hydrogen-bond donors (Lipinski definition) is 3. The highest BCUT2D eigenvalue weighted by molar-refractivity contribution is 6.33. The number of hydrogen-bond acceptors (Lipinski definition) is 4. The molecule has 2 aliphatic heterocycles. The van der Waals surface area contributed by atoms with E-state index >= 15 is 0 Å². The van der Waals surface area contributed by atoms with Gasteiger partial charge in [-0.05, 0) is 12.1 Å². The standard InChI is InChI=1S/C16H20ClN3O3.ClH/c17-12-3-1-2-4-13(12)20-9-10(5-15(20)22)16(23)19-7-11-6-18-8-14(11)21;/h1-4,10-11,14,18,21H,5-9H2,(H,19,23);1H. The summed E-state index contributed by atoms with van der Waals surface area (Å²) in [5.74, 6) is -0.603. The first-order valence-electron chi connectivity index (χ1n) is 7.77. The summed E-state index contributed by atoms with van der Waals surface area (Å²) in [6.07, 6.45) is -0.247. The number of halogens is 2. The summed E-state index contributed by atoms with van der Waals surface area (Å²) >= 11 is 6.13. The molecule has 1 aromatic carbocycles. The summed E-state index contributed by atoms with van der Waals surface area (Å²) in [5.41, 5.74) is 0.643. The van der Waals surface area contributed by atoms with Crippen LogP contribution in [-0.4, -0.2) is 49.2 Å². The number of aliphatic hydroxyl groups excluding tert-OH is 1. The first-order chi connectivity index (χ1) is 11.1. The van der Waals surface area contributed by atoms with Gasteiger partial charge in [-0.25, -0.2) is 0 Å². The normalized spacial score (nSPS) is 26.3. The molecule has 1 aromatic rings. The quantitative estimate of drug-likeness (QED) is 0.729. The molecule has 2 amide bonds. The van der Waals surface area contributed by atoms with Gasteiger partial charge in [-0.1, -0.05) is 23.7 Å². The average Bonchev–Trinajstić information content (AvgIpc) is 3.11. The number of nitrogens with zero attached hydrogens (tertiary/aromatic N) is 1. The largest absolute Gasteiger partial charge is 0.391 e. The van der Waals surface area contributed by atoms with Crippen molar-refractivity contribution < 1.29 is 14.7 Å². The highest BCUT2D eigenvalue weighted by atomic mass is 35.5. The molecule has 3 N–H and O–H groups in total. The van der Waals surface area contributed by atoms with Gasteiger partial charge in [0, 0.05) is 38.5 Å². The molecule has 0 spiro atoms. The number of para-hydroxylation sites is 1. The SMILES string of the molecule is Cl.O=C(NCC1CNCC1O)C1CC(=O)N(c2ccccc2Cl)C1. The Morgan fingerprint density at radius 1 is 1.38 bits per heavy atom. The van der Waals surface area contributed by atoms with E-state index in [2.05, 4.69) is 10.6 Å². The zero-order valence-corrected chi connectivity index (χ0v) is 14.6. The second-order valence-electron chi connectivity index (χ2n) is 6.09. The number of aliphatic hydroxyl groups is 1. The molecule has 2 saturated heterocycles. The third-order valence-electron chi connectivity index (χ3n) is 4.48. The van der Waals surface area contributed by atoms with Crippen molar-refractivity contribution in [1.82, 2.24) is 10.6 Å². The second kappa shape index (κ2) is 8.16. The molecule has 0 saturated carbocycles. The maximum atomic E-state index is 12.3. The van der Waals surface area contributed by atoms with Crippen LogP contribution in [-0.2, 0) is 9.59 Å². The fourth-order valence-electron chi connectivity index (χ4n) is 3.09. The lowest BCUT2D eigenvalue weighted by Gasteiger charge is -2.19. The fraction of sp³-hybridized carbons (Fsp3) is 0.500. The zero-order chi connectivity index (χ0) is 16.4. The van der Waals surface area contributed by atoms with E-state index < -0.39 is 6.10 Å². The summed E-state index contributed by atoms with van der Waals surface area (Å²) in [4.78, 5) is 26.1. The Labute approximate surface area is 152 Å². The minimum atomic E-state index is -0.430. The molecule has 3 unspecified atom stereocenters. The molecule has 132 valence electrons. The van der Waals surface area contributed by atoms with Crippen LogP contribution >= 0.6 is 24.0 Å². The second-order valence-corrected chi connectivity index (χ2v) is 6.49. The van der Waals surface area contributed by atoms with Crippen LogP contribution < -0.4 is 15.5 Å². The van der Waals surface area contributed by atoms with Gasteiger partial charge in [-0.3, -0.25) is 9.59 Å². The van der Waals surface area contributed by atoms with E-state index in [0.29, 0.717) is 36.9 Å². The predicted octanol–water partition coefficient (Wildman–Crippen LogP) is 0.811. The Balaban J connectivity index is 0.00000208. The minimum Gasteiger partial charge on any atom is -0.391 e. The van der Waals surface area contributed by atoms with Crippen molar-refractivity contribution in [2.75, 3.05) is 31.1 Å². The number of carbonyl (C=O) groups excluding carboxylic acids is 2. The summed E-state index contributed by atoms with van der Waals surface area (Å²) in [5, 5.41) is 16.2. The molecular weight excluding hydrogens is 353 g/mol. The Kier molecular flexibility index (Phi) is 6.46. The van der Waals surface area contributed by atoms with E-state index in [-0.39, 0.29) is 42.5 Å². The highest BCUT2D eigenvalue weighted by Crippen LogP contribution is 2.31. The van der Waals surface area contributed by atoms with E-state index in [1.807, 2.05) is 6.07 Å². The zero-order valence-electron chi connectivity index (χ0n) is 13.1. The van der Waals surface area contributed by atoms with Gasteiger partial charge in [0.15, 0.2) is 0 Å². The van der Waals surface area contributed by atoms with Gasteiger partial charge < -0.3 is 20.6 Å². The van der Waals surface area contributed by atoms with Crippen molar-refractivity contribution in [1.29, 1.82) is 0 Å². The van der Waals surface area contributed by atoms with E-state index in [1.165, 1.54) is 0 Å². The lowest BCUT2D eigenvalue weighted by molar-refractivity contribution is -0.126. The number of β-amino-alcohol motifs (C(OH)–C–C–N with tert-alkyl or cyclic N) is 1. The van der Waals surface area contributed by atoms with Crippen molar-refractivity contribution in [2.45, 2.75) is 12.5 Å². The summed E-state index contributed by atoms with van der Waals surface area (Å²) in [6.45, 7) is 2.00. The molecule has 0 aromatic heterocycles. The van der Waals surface area contributed by atoms with Gasteiger partial charge in [0.05, 0.1) is 22.7 Å². The molecule has 8 heteroatoms. The van der Waals surface area contributed by atoms with E-state index in [0.717, 1.165) is 0 Å². The summed E-state index contributed by atoms with van der Waals surface area (Å²) < 4.78 is 0. The smallest absolute Gasteiger partial charge is 0.227 e. The highest BCUT2D eigenvalue weighted by Gasteiger charge is 2.36. The number of anilines is 1. The Morgan fingerprint density at radius 3 is 2.79 bits per heavy atom. The summed E-state index contributed by atoms with van der Waals surface area (Å²) in [7, 11) is 0. The minimum absolute atomic E-state index is 0. The van der Waals surface area contributed by atoms with Gasteiger partial charge in [-0.2, -0.15) is 0 Å². The first-order valence-corrected chi connectivity index (χ1v) is 8.15. The van der Waals surface area contributed by atoms with E-state index in [9.17, 15) is 14.7 Å². The number of rotatable bonds is 4. The van der Waals surface area contributed by atoms with Gasteiger partial charge in [-0.15, -0.1) is 12.4 Å². The number of amides is 2. The van der Waals surface area contributed by atoms with Crippen LogP contribution in [0.5, 0.6) is 0 Å². The molecule has 24 heavy (non-hydrogen) atoms. The number of nitrogens with one attached hydrogen (secondary N) is 2. The lowest BCUT2D eigenvalue weighted by Crippen LogP contribution is -2.38. The van der Waals surface area contributed by atoms with Crippen molar-refractivity contribution >= 4 is 41.5 Å². The molecule has 0 bridgehead atoms. The van der Waals surface area contributed by atoms with Gasteiger partial charge in [0.2, 0.25) is 11.8 Å². The van der Waals surface area contributed by atoms with Crippen LogP contribution in [0.2, 0.25) is 5.02 Å². The molecular formula is C16H21Cl2N3O3. The molecule has 3 rings (SSSR count). The Hall–Kier alpha value is -1.34. The van der Waals surface area contributed by atoms with Crippen LogP contribution in [0.4, 0.5) is 5.69 Å². The van der Waals surface area contributed by atoms with Crippen molar-refractivity contribution in [2.24, 2.45) is 11.8 Å². The third-order valence-corrected chi connectivity index (χ3v) is 4.80. The molecule has 2 aliphatic rings. The maximum absolute atomic E-state index is 12.3. The molecule has 6 nitrogen and oxygen atoms in total. The van der Waals surface area contributed by atoms with Crippen LogP contribution in [0.1, 0.15) is 6.42 Å². The molecule has 0 aliphatic carbocycles. The van der Waals surface area contributed by atoms with Crippen LogP contribution in [0, 0.1) is 11.8 Å². The van der Waals surface area contributed by atoms with Crippen LogP contribution in [0.3, 0.4) is 0 Å². The Bertz CT molecular complexity index is 614. The number of carbonyl (C=O) groups is 2. The van der Waals surface area contributed by atoms with Gasteiger partial charge in [0.25, 0.3) is 0 Å². The monoisotopic (exact) mass is 373 g/mol. The van der Waals surface area contributed by atoms with Gasteiger partial charge >= 0.3 is 0 Å². The van der Waals surface area contributed by atoms with Crippen molar-refractivity contribution in [3.8, 4) is 0 Å². The first kappa shape index (κ1) is 19.0. The third kappa shape index (κ3) is 4.00. The molecule has 2 fully saturated rings. The topological polar surface area (TPSA) is 81.7 Å². The fourth-order valence-corrected chi connectivity index (χ4v) is 3.33. The maximum Gasteiger partial charge on any atom is 0.227 e. The van der Waals surface area contributed by atoms with Crippen molar-refractivity contribution in [3.05, 3.63) is 29.3 Å². The lowest BCUT2D eigenvalue weighted by atomic mass is 10.0. The Morgan fingerprint density at radius 2 is 2.12 bits per heavy atom. The van der Waals surface area contributed by atoms with Gasteiger partial charge in [0.1, 0.15) is 0 Å². The van der Waals surface area contributed by atoms with Crippen molar-refractivity contribution in [3.63, 3.8) is 0 Å². The van der Waals surface area contributed by atoms with E-state index in [1.54, 1.807) is 23.1 Å². The molecule has 3 atom stereocenters. The van der Waals surface area contributed by atoms with Crippen LogP contribution in [0.15, 0.2) is 24.3 Å². The average molecular weight is 374 g/mol. The summed E-state index contributed by atoms with van der Waals surface area (Å²) in [6, 6.07) is 7.13. The van der Waals surface area contributed by atoms with E-state index in [4.69, 9.17) is 11.6 Å². The van der Waals surface area contributed by atoms with Crippen LogP contribution in [0.25, 0.3) is 0 Å². The molecule has 2 heterocycles. The molecule has 0 radical (unpaired) electrons. The number of benzene rings is 1.